The molecule has 1 saturated heterocycles. The molecular weight excluding hydrogens is 463 g/mol. The fraction of sp³-hybridized carbons (Fsp3) is 0.292. The van der Waals surface area contributed by atoms with Gasteiger partial charge in [0.2, 0.25) is 5.82 Å². The molecule has 2 aliphatic heterocycles. The zero-order valence-corrected chi connectivity index (χ0v) is 19.5. The number of nitrogens with one attached hydrogen (secondary N) is 1. The third-order valence-corrected chi connectivity index (χ3v) is 6.52. The van der Waals surface area contributed by atoms with Crippen LogP contribution in [0.5, 0.6) is 0 Å². The van der Waals surface area contributed by atoms with Crippen LogP contribution in [0.4, 0.5) is 4.39 Å². The van der Waals surface area contributed by atoms with Crippen LogP contribution < -0.4 is 5.32 Å². The molecule has 5 rings (SSSR count). The van der Waals surface area contributed by atoms with E-state index in [4.69, 9.17) is 33.1 Å². The predicted molar refractivity (Wildman–Crippen MR) is 128 cm³/mol. The highest BCUT2D eigenvalue weighted by Gasteiger charge is 2.35. The third-order valence-electron chi connectivity index (χ3n) is 5.95. The fourth-order valence-electron chi connectivity index (χ4n) is 4.26. The molecule has 3 aromatic rings. The standard InChI is InChI=1S/C24H22ClFN4O2S/c1-14-20(23-28-22(29-32-23)15-7-9-18(26)10-8-15)21(16-4-2-5-17(25)12-16)27-24(33)30(14)13-19-6-3-11-31-19/h2,4-5,7-10,12,19,21H,3,6,11,13H2,1H3,(H,27,33). The van der Waals surface area contributed by atoms with Crippen molar-refractivity contribution in [2.24, 2.45) is 0 Å². The molecule has 1 N–H and O–H groups in total. The van der Waals surface area contributed by atoms with Gasteiger partial charge in [-0.25, -0.2) is 4.39 Å². The molecule has 0 bridgehead atoms. The van der Waals surface area contributed by atoms with Crippen LogP contribution >= 0.6 is 23.8 Å². The molecule has 0 radical (unpaired) electrons. The van der Waals surface area contributed by atoms with Gasteiger partial charge in [0.25, 0.3) is 5.89 Å². The zero-order valence-electron chi connectivity index (χ0n) is 17.9. The summed E-state index contributed by atoms with van der Waals surface area (Å²) in [5.41, 5.74) is 3.32. The maximum absolute atomic E-state index is 13.3. The van der Waals surface area contributed by atoms with E-state index in [1.165, 1.54) is 12.1 Å². The van der Waals surface area contributed by atoms with Gasteiger partial charge in [0.15, 0.2) is 5.11 Å². The summed E-state index contributed by atoms with van der Waals surface area (Å²) in [4.78, 5) is 6.67. The van der Waals surface area contributed by atoms with Crippen molar-refractivity contribution >= 4 is 34.5 Å². The van der Waals surface area contributed by atoms with Gasteiger partial charge in [-0.2, -0.15) is 4.98 Å². The molecule has 0 saturated carbocycles. The second kappa shape index (κ2) is 9.21. The molecule has 2 aliphatic rings. The Labute approximate surface area is 201 Å². The average molecular weight is 485 g/mol. The summed E-state index contributed by atoms with van der Waals surface area (Å²) < 4.78 is 24.9. The number of benzene rings is 2. The van der Waals surface area contributed by atoms with Crippen molar-refractivity contribution < 1.29 is 13.7 Å². The van der Waals surface area contributed by atoms with Crippen LogP contribution in [0.1, 0.15) is 37.3 Å². The Morgan fingerprint density at radius 1 is 1.24 bits per heavy atom. The van der Waals surface area contributed by atoms with E-state index in [-0.39, 0.29) is 18.0 Å². The summed E-state index contributed by atoms with van der Waals surface area (Å²) in [6, 6.07) is 13.3. The number of thiocarbonyl (C=S) groups is 1. The molecule has 1 aromatic heterocycles. The first-order valence-corrected chi connectivity index (χ1v) is 11.5. The lowest BCUT2D eigenvalue weighted by Gasteiger charge is -2.38. The quantitative estimate of drug-likeness (QED) is 0.488. The first kappa shape index (κ1) is 22.0. The summed E-state index contributed by atoms with van der Waals surface area (Å²) >= 11 is 12.0. The van der Waals surface area contributed by atoms with Crippen LogP contribution in [-0.4, -0.2) is 39.4 Å². The van der Waals surface area contributed by atoms with Crippen molar-refractivity contribution in [1.29, 1.82) is 0 Å². The van der Waals surface area contributed by atoms with Crippen molar-refractivity contribution in [2.45, 2.75) is 31.9 Å². The number of ether oxygens (including phenoxy) is 1. The molecule has 0 spiro atoms. The smallest absolute Gasteiger partial charge is 0.258 e. The Morgan fingerprint density at radius 3 is 2.79 bits per heavy atom. The van der Waals surface area contributed by atoms with E-state index in [9.17, 15) is 4.39 Å². The van der Waals surface area contributed by atoms with Crippen molar-refractivity contribution in [3.8, 4) is 11.4 Å². The molecular formula is C24H22ClFN4O2S. The lowest BCUT2D eigenvalue weighted by atomic mass is 9.94. The maximum Gasteiger partial charge on any atom is 0.258 e. The van der Waals surface area contributed by atoms with Gasteiger partial charge in [0.1, 0.15) is 5.82 Å². The Balaban J connectivity index is 1.57. The SMILES string of the molecule is CC1=C(c2nc(-c3ccc(F)cc3)no2)C(c2cccc(Cl)c2)NC(=S)N1CC1CCCO1. The molecule has 3 heterocycles. The highest BCUT2D eigenvalue weighted by Crippen LogP contribution is 2.38. The lowest BCUT2D eigenvalue weighted by Crippen LogP contribution is -2.48. The molecule has 2 unspecified atom stereocenters. The van der Waals surface area contributed by atoms with Crippen molar-refractivity contribution in [1.82, 2.24) is 20.4 Å². The number of rotatable bonds is 5. The van der Waals surface area contributed by atoms with E-state index in [0.29, 0.717) is 34.0 Å². The van der Waals surface area contributed by atoms with Crippen LogP contribution in [0.15, 0.2) is 58.8 Å². The number of allylic oxidation sites excluding steroid dienone is 1. The summed E-state index contributed by atoms with van der Waals surface area (Å²) in [5.74, 6) is 0.426. The van der Waals surface area contributed by atoms with E-state index >= 15 is 0 Å². The van der Waals surface area contributed by atoms with Gasteiger partial charge < -0.3 is 19.5 Å². The Bertz CT molecular complexity index is 1210. The first-order valence-electron chi connectivity index (χ1n) is 10.8. The molecule has 1 fully saturated rings. The summed E-state index contributed by atoms with van der Waals surface area (Å²) in [5, 5.41) is 8.80. The molecule has 0 amide bonds. The number of hydrogen-bond donors (Lipinski definition) is 1. The second-order valence-electron chi connectivity index (χ2n) is 8.11. The topological polar surface area (TPSA) is 63.4 Å². The minimum atomic E-state index is -0.322. The minimum absolute atomic E-state index is 0.112. The fourth-order valence-corrected chi connectivity index (χ4v) is 4.78. The van der Waals surface area contributed by atoms with E-state index in [0.717, 1.165) is 36.3 Å². The largest absolute Gasteiger partial charge is 0.376 e. The van der Waals surface area contributed by atoms with Crippen LogP contribution in [0.3, 0.4) is 0 Å². The van der Waals surface area contributed by atoms with E-state index in [1.807, 2.05) is 36.1 Å². The zero-order chi connectivity index (χ0) is 22.9. The van der Waals surface area contributed by atoms with Gasteiger partial charge in [-0.3, -0.25) is 0 Å². The summed E-state index contributed by atoms with van der Waals surface area (Å²) in [6.45, 7) is 3.41. The van der Waals surface area contributed by atoms with Crippen molar-refractivity contribution in [3.05, 3.63) is 76.5 Å². The molecule has 2 atom stereocenters. The third kappa shape index (κ3) is 4.51. The number of nitrogens with zero attached hydrogens (tertiary/aromatic N) is 3. The van der Waals surface area contributed by atoms with Gasteiger partial charge in [0.05, 0.1) is 24.3 Å². The number of aromatic nitrogens is 2. The van der Waals surface area contributed by atoms with Crippen LogP contribution in [0.2, 0.25) is 5.02 Å². The summed E-state index contributed by atoms with van der Waals surface area (Å²) in [7, 11) is 0. The molecule has 33 heavy (non-hydrogen) atoms. The maximum atomic E-state index is 13.3. The highest BCUT2D eigenvalue weighted by atomic mass is 35.5. The van der Waals surface area contributed by atoms with Crippen molar-refractivity contribution in [2.75, 3.05) is 13.2 Å². The van der Waals surface area contributed by atoms with Crippen LogP contribution in [0.25, 0.3) is 17.0 Å². The number of halogens is 2. The highest BCUT2D eigenvalue weighted by molar-refractivity contribution is 7.80. The second-order valence-corrected chi connectivity index (χ2v) is 8.94. The van der Waals surface area contributed by atoms with Gasteiger partial charge in [-0.05, 0) is 73.9 Å². The van der Waals surface area contributed by atoms with Gasteiger partial charge in [-0.15, -0.1) is 0 Å². The van der Waals surface area contributed by atoms with Crippen LogP contribution in [-0.2, 0) is 4.74 Å². The molecule has 170 valence electrons. The van der Waals surface area contributed by atoms with E-state index in [1.54, 1.807) is 12.1 Å². The van der Waals surface area contributed by atoms with Gasteiger partial charge in [-0.1, -0.05) is 28.9 Å². The van der Waals surface area contributed by atoms with Gasteiger partial charge >= 0.3 is 0 Å². The molecule has 2 aromatic carbocycles. The molecule has 6 nitrogen and oxygen atoms in total. The summed E-state index contributed by atoms with van der Waals surface area (Å²) in [6.07, 6.45) is 2.15. The Morgan fingerprint density at radius 2 is 2.06 bits per heavy atom. The van der Waals surface area contributed by atoms with E-state index < -0.39 is 0 Å². The normalized spacial score (nSPS) is 20.9. The van der Waals surface area contributed by atoms with E-state index in [2.05, 4.69) is 15.5 Å². The Kier molecular flexibility index (Phi) is 6.14. The number of hydrogen-bond acceptors (Lipinski definition) is 5. The first-order chi connectivity index (χ1) is 16.0. The van der Waals surface area contributed by atoms with Crippen molar-refractivity contribution in [3.63, 3.8) is 0 Å². The predicted octanol–water partition coefficient (Wildman–Crippen LogP) is 5.37. The average Bonchev–Trinajstić information content (AvgIpc) is 3.49. The minimum Gasteiger partial charge on any atom is -0.376 e. The van der Waals surface area contributed by atoms with Gasteiger partial charge in [0, 0.05) is 22.9 Å². The van der Waals surface area contributed by atoms with Crippen LogP contribution in [0, 0.1) is 5.82 Å². The molecule has 0 aliphatic carbocycles. The molecule has 9 heteroatoms. The lowest BCUT2D eigenvalue weighted by molar-refractivity contribution is 0.0962. The monoisotopic (exact) mass is 484 g/mol. The Hall–Kier alpha value is -2.81.